The Bertz CT molecular complexity index is 1100. The highest BCUT2D eigenvalue weighted by Crippen LogP contribution is 2.25. The van der Waals surface area contributed by atoms with Crippen LogP contribution in [0.3, 0.4) is 0 Å². The van der Waals surface area contributed by atoms with Crippen LogP contribution >= 0.6 is 23.1 Å². The number of amides is 1. The lowest BCUT2D eigenvalue weighted by atomic mass is 10.2. The highest BCUT2D eigenvalue weighted by molar-refractivity contribution is 7.09. The molecule has 4 rings (SSSR count). The van der Waals surface area contributed by atoms with E-state index in [0.717, 1.165) is 5.56 Å². The van der Waals surface area contributed by atoms with Crippen LogP contribution in [-0.4, -0.2) is 20.2 Å². The second-order valence-corrected chi connectivity index (χ2v) is 6.87. The molecular formula is C20H13ClN4O2S. The maximum absolute atomic E-state index is 12.5. The van der Waals surface area contributed by atoms with E-state index in [4.69, 9.17) is 16.3 Å². The van der Waals surface area contributed by atoms with Crippen LogP contribution < -0.4 is 10.1 Å². The summed E-state index contributed by atoms with van der Waals surface area (Å²) in [6.07, 6.45) is 1.64. The van der Waals surface area contributed by atoms with Gasteiger partial charge in [0.05, 0.1) is 0 Å². The first-order valence-corrected chi connectivity index (χ1v) is 9.42. The Morgan fingerprint density at radius 2 is 1.89 bits per heavy atom. The number of anilines is 1. The number of ether oxygens (including phenoxy) is 1. The van der Waals surface area contributed by atoms with Crippen LogP contribution in [0.1, 0.15) is 10.4 Å². The molecule has 0 aliphatic carbocycles. The zero-order valence-corrected chi connectivity index (χ0v) is 15.9. The molecule has 0 aliphatic heterocycles. The quantitative estimate of drug-likeness (QED) is 0.485. The van der Waals surface area contributed by atoms with Gasteiger partial charge in [-0.15, -0.1) is 0 Å². The first kappa shape index (κ1) is 18.1. The summed E-state index contributed by atoms with van der Waals surface area (Å²) in [5, 5.41) is 4.04. The van der Waals surface area contributed by atoms with E-state index in [1.165, 1.54) is 11.5 Å². The Hall–Kier alpha value is -3.29. The number of nitrogens with zero attached hydrogens (tertiary/aromatic N) is 3. The average molecular weight is 409 g/mol. The summed E-state index contributed by atoms with van der Waals surface area (Å²) in [7, 11) is 0. The molecule has 4 aromatic rings. The molecule has 0 aliphatic rings. The fraction of sp³-hybridized carbons (Fsp3) is 0. The van der Waals surface area contributed by atoms with Crippen molar-refractivity contribution in [2.45, 2.75) is 0 Å². The molecule has 1 amide bonds. The second kappa shape index (κ2) is 8.16. The fourth-order valence-electron chi connectivity index (χ4n) is 2.39. The summed E-state index contributed by atoms with van der Waals surface area (Å²) in [6, 6.07) is 19.5. The first-order chi connectivity index (χ1) is 13.7. The Balaban J connectivity index is 1.47. The molecule has 0 spiro atoms. The van der Waals surface area contributed by atoms with E-state index in [-0.39, 0.29) is 11.9 Å². The lowest BCUT2D eigenvalue weighted by molar-refractivity contribution is 0.102. The van der Waals surface area contributed by atoms with Gasteiger partial charge >= 0.3 is 0 Å². The van der Waals surface area contributed by atoms with Crippen LogP contribution in [0.5, 0.6) is 11.6 Å². The largest absolute Gasteiger partial charge is 0.439 e. The molecule has 1 N–H and O–H groups in total. The molecule has 0 saturated carbocycles. The van der Waals surface area contributed by atoms with Crippen molar-refractivity contribution in [3.8, 4) is 22.2 Å². The number of aromatic nitrogens is 3. The first-order valence-electron chi connectivity index (χ1n) is 8.27. The topological polar surface area (TPSA) is 77.0 Å². The molecular weight excluding hydrogens is 396 g/mol. The lowest BCUT2D eigenvalue weighted by Crippen LogP contribution is -2.12. The van der Waals surface area contributed by atoms with Gasteiger partial charge in [-0.3, -0.25) is 10.1 Å². The maximum atomic E-state index is 12.5. The minimum atomic E-state index is -0.327. The second-order valence-electron chi connectivity index (χ2n) is 5.68. The highest BCUT2D eigenvalue weighted by Gasteiger charge is 2.12. The molecule has 2 aromatic heterocycles. The average Bonchev–Trinajstić information content (AvgIpc) is 3.18. The van der Waals surface area contributed by atoms with Crippen LogP contribution in [0.25, 0.3) is 10.6 Å². The Kier molecular flexibility index (Phi) is 5.27. The van der Waals surface area contributed by atoms with Crippen LogP contribution in [0.4, 0.5) is 5.95 Å². The van der Waals surface area contributed by atoms with Gasteiger partial charge in [-0.2, -0.15) is 9.36 Å². The third kappa shape index (κ3) is 4.33. The molecule has 0 radical (unpaired) electrons. The Labute approximate surface area is 170 Å². The SMILES string of the molecule is O=C(Nc1nsc(-c2ccc(Cl)cc2)n1)c1cccc(Oc2ccccn2)c1. The molecule has 8 heteroatoms. The summed E-state index contributed by atoms with van der Waals surface area (Å²) in [5.41, 5.74) is 1.31. The number of hydrogen-bond donors (Lipinski definition) is 1. The van der Waals surface area contributed by atoms with Gasteiger partial charge in [-0.25, -0.2) is 4.98 Å². The van der Waals surface area contributed by atoms with Crippen molar-refractivity contribution >= 4 is 35.0 Å². The summed E-state index contributed by atoms with van der Waals surface area (Å²) < 4.78 is 9.85. The molecule has 6 nitrogen and oxygen atoms in total. The fourth-order valence-corrected chi connectivity index (χ4v) is 3.14. The van der Waals surface area contributed by atoms with Crippen molar-refractivity contribution in [3.05, 3.63) is 83.5 Å². The zero-order valence-electron chi connectivity index (χ0n) is 14.4. The number of halogens is 1. The van der Waals surface area contributed by atoms with Crippen molar-refractivity contribution < 1.29 is 9.53 Å². The standard InChI is InChI=1S/C20H13ClN4O2S/c21-15-9-7-13(8-10-15)19-24-20(25-28-19)23-18(26)14-4-3-5-16(12-14)27-17-6-1-2-11-22-17/h1-12H,(H,23,25,26). The maximum Gasteiger partial charge on any atom is 0.258 e. The van der Waals surface area contributed by atoms with Gasteiger partial charge in [0, 0.05) is 28.4 Å². The van der Waals surface area contributed by atoms with E-state index in [2.05, 4.69) is 19.7 Å². The van der Waals surface area contributed by atoms with Crippen molar-refractivity contribution in [2.75, 3.05) is 5.32 Å². The molecule has 0 fully saturated rings. The molecule has 0 saturated heterocycles. The summed E-state index contributed by atoms with van der Waals surface area (Å²) in [4.78, 5) is 21.0. The number of rotatable bonds is 5. The van der Waals surface area contributed by atoms with Crippen LogP contribution in [0.2, 0.25) is 5.02 Å². The molecule has 138 valence electrons. The monoisotopic (exact) mass is 408 g/mol. The number of benzene rings is 2. The van der Waals surface area contributed by atoms with Gasteiger partial charge in [0.1, 0.15) is 10.8 Å². The smallest absolute Gasteiger partial charge is 0.258 e. The number of hydrogen-bond acceptors (Lipinski definition) is 6. The Morgan fingerprint density at radius 3 is 2.68 bits per heavy atom. The van der Waals surface area contributed by atoms with E-state index < -0.39 is 0 Å². The summed E-state index contributed by atoms with van der Waals surface area (Å²) in [5.74, 6) is 0.885. The molecule has 0 unspecified atom stereocenters. The van der Waals surface area contributed by atoms with Crippen LogP contribution in [0, 0.1) is 0 Å². The molecule has 28 heavy (non-hydrogen) atoms. The summed E-state index contributed by atoms with van der Waals surface area (Å²) in [6.45, 7) is 0. The molecule has 2 heterocycles. The number of nitrogens with one attached hydrogen (secondary N) is 1. The predicted octanol–water partition coefficient (Wildman–Crippen LogP) is 5.30. The summed E-state index contributed by atoms with van der Waals surface area (Å²) >= 11 is 7.10. The molecule has 0 bridgehead atoms. The van der Waals surface area contributed by atoms with Crippen LogP contribution in [0.15, 0.2) is 72.9 Å². The third-order valence-corrected chi connectivity index (χ3v) is 4.72. The molecule has 0 atom stereocenters. The Morgan fingerprint density at radius 1 is 1.04 bits per heavy atom. The van der Waals surface area contributed by atoms with Crippen molar-refractivity contribution in [1.29, 1.82) is 0 Å². The minimum absolute atomic E-state index is 0.246. The minimum Gasteiger partial charge on any atom is -0.439 e. The lowest BCUT2D eigenvalue weighted by Gasteiger charge is -2.06. The van der Waals surface area contributed by atoms with Gasteiger partial charge in [-0.1, -0.05) is 35.9 Å². The van der Waals surface area contributed by atoms with E-state index in [0.29, 0.717) is 27.2 Å². The van der Waals surface area contributed by atoms with Gasteiger partial charge in [0.15, 0.2) is 0 Å². The van der Waals surface area contributed by atoms with Gasteiger partial charge in [0.25, 0.3) is 5.91 Å². The van der Waals surface area contributed by atoms with E-state index in [1.807, 2.05) is 18.2 Å². The highest BCUT2D eigenvalue weighted by atomic mass is 35.5. The van der Waals surface area contributed by atoms with Crippen LogP contribution in [-0.2, 0) is 0 Å². The van der Waals surface area contributed by atoms with Gasteiger partial charge < -0.3 is 4.74 Å². The normalized spacial score (nSPS) is 10.5. The van der Waals surface area contributed by atoms with Crippen molar-refractivity contribution in [2.24, 2.45) is 0 Å². The third-order valence-electron chi connectivity index (χ3n) is 3.70. The van der Waals surface area contributed by atoms with E-state index in [1.54, 1.807) is 54.7 Å². The molecule has 2 aromatic carbocycles. The number of pyridine rings is 1. The van der Waals surface area contributed by atoms with Crippen molar-refractivity contribution in [1.82, 2.24) is 14.3 Å². The van der Waals surface area contributed by atoms with Gasteiger partial charge in [-0.05, 0) is 47.9 Å². The van der Waals surface area contributed by atoms with E-state index in [9.17, 15) is 4.79 Å². The van der Waals surface area contributed by atoms with Crippen molar-refractivity contribution in [3.63, 3.8) is 0 Å². The number of carbonyl (C=O) groups excluding carboxylic acids is 1. The number of carbonyl (C=O) groups is 1. The van der Waals surface area contributed by atoms with Gasteiger partial charge in [0.2, 0.25) is 11.8 Å². The van der Waals surface area contributed by atoms with E-state index >= 15 is 0 Å². The predicted molar refractivity (Wildman–Crippen MR) is 109 cm³/mol. The zero-order chi connectivity index (χ0) is 19.3.